The van der Waals surface area contributed by atoms with Crippen LogP contribution in [0.5, 0.6) is 0 Å². The van der Waals surface area contributed by atoms with E-state index >= 15 is 0 Å². The third kappa shape index (κ3) is 9.00. The number of hydrogen-bond donors (Lipinski definition) is 5. The van der Waals surface area contributed by atoms with Crippen LogP contribution in [-0.4, -0.2) is 78.7 Å². The lowest BCUT2D eigenvalue weighted by molar-refractivity contribution is -0.139. The van der Waals surface area contributed by atoms with Gasteiger partial charge in [0, 0.05) is 32.5 Å². The van der Waals surface area contributed by atoms with Crippen molar-refractivity contribution < 1.29 is 24.0 Å². The van der Waals surface area contributed by atoms with Crippen LogP contribution in [0.4, 0.5) is 0 Å². The fraction of sp³-hybridized carbons (Fsp3) is 0.541. The largest absolute Gasteiger partial charge is 0.356 e. The third-order valence-electron chi connectivity index (χ3n) is 10.2. The third-order valence-corrected chi connectivity index (χ3v) is 10.2. The van der Waals surface area contributed by atoms with Crippen molar-refractivity contribution in [3.05, 3.63) is 71.8 Å². The zero-order valence-corrected chi connectivity index (χ0v) is 28.1. The summed E-state index contributed by atoms with van der Waals surface area (Å²) in [5.74, 6) is -1.33. The van der Waals surface area contributed by atoms with Crippen LogP contribution < -0.4 is 27.0 Å². The van der Waals surface area contributed by atoms with Crippen LogP contribution in [0.25, 0.3) is 0 Å². The number of hydrogen-bond acceptors (Lipinski definition) is 6. The Morgan fingerprint density at radius 2 is 1.40 bits per heavy atom. The van der Waals surface area contributed by atoms with Gasteiger partial charge in [-0.3, -0.25) is 24.0 Å². The van der Waals surface area contributed by atoms with Crippen molar-refractivity contribution in [2.75, 3.05) is 26.2 Å². The molecule has 258 valence electrons. The van der Waals surface area contributed by atoms with E-state index in [4.69, 9.17) is 5.73 Å². The van der Waals surface area contributed by atoms with Crippen LogP contribution in [-0.2, 0) is 36.8 Å². The average molecular weight is 659 g/mol. The molecule has 3 fully saturated rings. The van der Waals surface area contributed by atoms with Gasteiger partial charge in [-0.25, -0.2) is 0 Å². The van der Waals surface area contributed by atoms with Gasteiger partial charge in [0.25, 0.3) is 0 Å². The van der Waals surface area contributed by atoms with E-state index in [1.54, 1.807) is 4.90 Å². The lowest BCUT2D eigenvalue weighted by Crippen LogP contribution is -2.57. The van der Waals surface area contributed by atoms with Crippen LogP contribution in [0, 0.1) is 16.7 Å². The molecule has 5 rings (SSSR count). The molecule has 0 radical (unpaired) electrons. The van der Waals surface area contributed by atoms with Crippen molar-refractivity contribution in [1.82, 2.24) is 26.2 Å². The maximum atomic E-state index is 13.7. The zero-order valence-electron chi connectivity index (χ0n) is 28.1. The number of benzene rings is 2. The van der Waals surface area contributed by atoms with Crippen molar-refractivity contribution in [1.29, 1.82) is 0 Å². The molecule has 11 heteroatoms. The van der Waals surface area contributed by atoms with Gasteiger partial charge in [-0.15, -0.1) is 0 Å². The molecule has 0 bridgehead atoms. The molecule has 3 aliphatic rings. The second-order valence-corrected chi connectivity index (χ2v) is 14.6. The summed E-state index contributed by atoms with van der Waals surface area (Å²) in [5, 5.41) is 11.4. The van der Waals surface area contributed by atoms with Crippen LogP contribution in [0.1, 0.15) is 63.5 Å². The van der Waals surface area contributed by atoms with Gasteiger partial charge in [0.2, 0.25) is 29.5 Å². The molecule has 2 heterocycles. The number of nitrogens with two attached hydrogens (primary N) is 1. The van der Waals surface area contributed by atoms with Crippen LogP contribution in [0.3, 0.4) is 0 Å². The van der Waals surface area contributed by atoms with Gasteiger partial charge in [-0.2, -0.15) is 0 Å². The Bertz CT molecular complexity index is 1450. The second-order valence-electron chi connectivity index (χ2n) is 14.6. The Morgan fingerprint density at radius 3 is 1.96 bits per heavy atom. The molecular formula is C37H50N6O5. The molecule has 2 saturated heterocycles. The molecule has 5 amide bonds. The summed E-state index contributed by atoms with van der Waals surface area (Å²) in [6.45, 7) is 5.77. The molecule has 0 aromatic heterocycles. The predicted octanol–water partition coefficient (Wildman–Crippen LogP) is 1.84. The quantitative estimate of drug-likeness (QED) is 0.221. The van der Waals surface area contributed by atoms with Gasteiger partial charge < -0.3 is 31.9 Å². The highest BCUT2D eigenvalue weighted by Gasteiger charge is 2.57. The fourth-order valence-corrected chi connectivity index (χ4v) is 7.80. The number of nitrogens with one attached hydrogen (secondary N) is 4. The molecule has 2 aliphatic heterocycles. The second kappa shape index (κ2) is 15.3. The molecule has 11 nitrogen and oxygen atoms in total. The van der Waals surface area contributed by atoms with Crippen LogP contribution in [0.2, 0.25) is 0 Å². The first-order valence-electron chi connectivity index (χ1n) is 17.2. The molecule has 2 aromatic rings. The molecule has 1 aliphatic carbocycles. The highest BCUT2D eigenvalue weighted by Crippen LogP contribution is 2.61. The first-order valence-corrected chi connectivity index (χ1v) is 17.2. The SMILES string of the molecule is CC(C)C[C@@H](NC(=O)[C@@H](Cc1ccccc1)NC(=O)C(N)Cc1ccccc1)C(=O)NCC(=O)N1CCC2(CC1)CC1(CNC(=O)C1)C2. The molecule has 6 N–H and O–H groups in total. The Hall–Kier alpha value is -4.25. The Labute approximate surface area is 283 Å². The van der Waals surface area contributed by atoms with E-state index in [2.05, 4.69) is 21.3 Å². The molecule has 3 atom stereocenters. The van der Waals surface area contributed by atoms with Gasteiger partial charge in [0.15, 0.2) is 0 Å². The first kappa shape index (κ1) is 35.1. The van der Waals surface area contributed by atoms with Crippen molar-refractivity contribution in [2.45, 2.75) is 83.3 Å². The summed E-state index contributed by atoms with van der Waals surface area (Å²) in [6, 6.07) is 16.1. The number of piperidine rings is 1. The fourth-order valence-electron chi connectivity index (χ4n) is 7.80. The molecule has 48 heavy (non-hydrogen) atoms. The lowest BCUT2D eigenvalue weighted by Gasteiger charge is -2.57. The molecule has 2 spiro atoms. The van der Waals surface area contributed by atoms with Gasteiger partial charge >= 0.3 is 0 Å². The molecule has 1 unspecified atom stereocenters. The molecule has 2 aromatic carbocycles. The topological polar surface area (TPSA) is 163 Å². The number of rotatable bonds is 13. The summed E-state index contributed by atoms with van der Waals surface area (Å²) in [5.41, 5.74) is 8.30. The Kier molecular flexibility index (Phi) is 11.2. The smallest absolute Gasteiger partial charge is 0.243 e. The summed E-state index contributed by atoms with van der Waals surface area (Å²) in [4.78, 5) is 66.9. The van der Waals surface area contributed by atoms with Gasteiger partial charge in [0.1, 0.15) is 12.1 Å². The van der Waals surface area contributed by atoms with E-state index in [1.165, 1.54) is 0 Å². The van der Waals surface area contributed by atoms with Crippen molar-refractivity contribution in [2.24, 2.45) is 22.5 Å². The van der Waals surface area contributed by atoms with Gasteiger partial charge in [-0.1, -0.05) is 74.5 Å². The summed E-state index contributed by atoms with van der Waals surface area (Å²) in [6.07, 6.45) is 5.36. The maximum Gasteiger partial charge on any atom is 0.243 e. The minimum absolute atomic E-state index is 0.0765. The highest BCUT2D eigenvalue weighted by molar-refractivity contribution is 5.94. The van der Waals surface area contributed by atoms with Crippen molar-refractivity contribution in [3.63, 3.8) is 0 Å². The predicted molar refractivity (Wildman–Crippen MR) is 182 cm³/mol. The number of carbonyl (C=O) groups is 5. The number of likely N-dealkylation sites (tertiary alicyclic amines) is 1. The number of carbonyl (C=O) groups excluding carboxylic acids is 5. The van der Waals surface area contributed by atoms with E-state index in [0.29, 0.717) is 32.4 Å². The summed E-state index contributed by atoms with van der Waals surface area (Å²) < 4.78 is 0. The van der Waals surface area contributed by atoms with E-state index in [9.17, 15) is 24.0 Å². The van der Waals surface area contributed by atoms with Crippen molar-refractivity contribution in [3.8, 4) is 0 Å². The molecule has 1 saturated carbocycles. The summed E-state index contributed by atoms with van der Waals surface area (Å²) >= 11 is 0. The molecular weight excluding hydrogens is 608 g/mol. The van der Waals surface area contributed by atoms with E-state index in [-0.39, 0.29) is 41.5 Å². The highest BCUT2D eigenvalue weighted by atomic mass is 16.2. The van der Waals surface area contributed by atoms with Crippen LogP contribution >= 0.6 is 0 Å². The van der Waals surface area contributed by atoms with Crippen molar-refractivity contribution >= 4 is 29.5 Å². The van der Waals surface area contributed by atoms with Crippen LogP contribution in [0.15, 0.2) is 60.7 Å². The normalized spacial score (nSPS) is 19.6. The minimum atomic E-state index is -0.963. The van der Waals surface area contributed by atoms with Gasteiger partial charge in [-0.05, 0) is 66.4 Å². The minimum Gasteiger partial charge on any atom is -0.356 e. The number of nitrogens with zero attached hydrogens (tertiary/aromatic N) is 1. The van der Waals surface area contributed by atoms with E-state index in [1.807, 2.05) is 74.5 Å². The summed E-state index contributed by atoms with van der Waals surface area (Å²) in [7, 11) is 0. The Balaban J connectivity index is 1.15. The van der Waals surface area contributed by atoms with Gasteiger partial charge in [0.05, 0.1) is 12.6 Å². The average Bonchev–Trinajstić information content (AvgIpc) is 3.44. The standard InChI is InChI=1S/C37H50N6O5/c1-25(2)17-29(34(47)39-21-32(45)43-15-13-36(14-16-43)22-37(23-36)20-31(44)40-24-37)42-35(48)30(19-27-11-7-4-8-12-27)41-33(46)28(38)18-26-9-5-3-6-10-26/h3-12,25,28-30H,13-24,38H2,1-2H3,(H,39,47)(H,40,44)(H,41,46)(H,42,48)/t28?,29-,30-/m1/s1. The maximum absolute atomic E-state index is 13.7. The van der Waals surface area contributed by atoms with E-state index < -0.39 is 35.8 Å². The van der Waals surface area contributed by atoms with E-state index in [0.717, 1.165) is 43.4 Å². The Morgan fingerprint density at radius 1 is 0.812 bits per heavy atom. The lowest BCUT2D eigenvalue weighted by atomic mass is 9.49. The first-order chi connectivity index (χ1) is 22.9. The zero-order chi connectivity index (χ0) is 34.3. The monoisotopic (exact) mass is 658 g/mol. The number of amides is 5.